The van der Waals surface area contributed by atoms with E-state index in [9.17, 15) is 15.2 Å². The van der Waals surface area contributed by atoms with Crippen molar-refractivity contribution in [3.8, 4) is 22.6 Å². The topological polar surface area (TPSA) is 91.1 Å². The average Bonchev–Trinajstić information content (AvgIpc) is 2.94. The molecule has 5 aromatic carbocycles. The molecule has 0 unspecified atom stereocenters. The first-order chi connectivity index (χ1) is 18.1. The van der Waals surface area contributed by atoms with E-state index >= 15 is 0 Å². The molecule has 37 heavy (non-hydrogen) atoms. The number of methoxy groups -OCH3 is 1. The van der Waals surface area contributed by atoms with E-state index in [1.165, 1.54) is 12.1 Å². The highest BCUT2D eigenvalue weighted by Gasteiger charge is 2.22. The first-order valence-electron chi connectivity index (χ1n) is 11.8. The van der Waals surface area contributed by atoms with Crippen LogP contribution in [0.25, 0.3) is 32.7 Å². The van der Waals surface area contributed by atoms with Crippen molar-refractivity contribution >= 4 is 27.2 Å². The number of nitro groups is 1. The zero-order valence-corrected chi connectivity index (χ0v) is 20.2. The summed E-state index contributed by atoms with van der Waals surface area (Å²) in [5.74, 6) is 1.10. The van der Waals surface area contributed by atoms with Crippen molar-refractivity contribution in [1.82, 2.24) is 0 Å². The van der Waals surface area contributed by atoms with Crippen LogP contribution in [0.3, 0.4) is 0 Å². The lowest BCUT2D eigenvalue weighted by atomic mass is 9.90. The standard InChI is InChI=1S/C30H25NO6/c1-35-19-37-30-23(17-32)16-22-9-3-5-12-26(22)29(30)28-25-11-4-2-8-21(25)13-14-27(28)36-18-20-7-6-10-24(15-20)31(33)34/h2-16,32H,17-19H2,1H3. The molecule has 5 rings (SSSR count). The average molecular weight is 496 g/mol. The molecule has 0 aliphatic rings. The van der Waals surface area contributed by atoms with Gasteiger partial charge >= 0.3 is 0 Å². The molecule has 0 fully saturated rings. The number of nitro benzene ring substituents is 1. The molecule has 0 aromatic heterocycles. The van der Waals surface area contributed by atoms with Gasteiger partial charge in [0.15, 0.2) is 6.79 Å². The van der Waals surface area contributed by atoms with Gasteiger partial charge in [0.2, 0.25) is 0 Å². The highest BCUT2D eigenvalue weighted by atomic mass is 16.7. The summed E-state index contributed by atoms with van der Waals surface area (Å²) >= 11 is 0. The van der Waals surface area contributed by atoms with Crippen molar-refractivity contribution in [2.75, 3.05) is 13.9 Å². The SMILES string of the molecule is COCOc1c(CO)cc2ccccc2c1-c1c(OCc2cccc([N+](=O)[O-])c2)ccc2ccccc12. The Morgan fingerprint density at radius 2 is 1.54 bits per heavy atom. The molecule has 7 heteroatoms. The van der Waals surface area contributed by atoms with E-state index in [0.717, 1.165) is 32.7 Å². The van der Waals surface area contributed by atoms with Crippen LogP contribution in [0.5, 0.6) is 11.5 Å². The summed E-state index contributed by atoms with van der Waals surface area (Å²) < 4.78 is 17.6. The summed E-state index contributed by atoms with van der Waals surface area (Å²) in [5, 5.41) is 25.3. The number of hydrogen-bond acceptors (Lipinski definition) is 6. The molecular weight excluding hydrogens is 470 g/mol. The molecule has 0 amide bonds. The van der Waals surface area contributed by atoms with Crippen LogP contribution in [-0.2, 0) is 18.0 Å². The van der Waals surface area contributed by atoms with Crippen molar-refractivity contribution in [2.24, 2.45) is 0 Å². The molecule has 0 bridgehead atoms. The van der Waals surface area contributed by atoms with Gasteiger partial charge in [-0.05, 0) is 39.2 Å². The molecule has 7 nitrogen and oxygen atoms in total. The maximum absolute atomic E-state index is 11.2. The van der Waals surface area contributed by atoms with Crippen molar-refractivity contribution < 1.29 is 24.2 Å². The number of nitrogens with zero attached hydrogens (tertiary/aromatic N) is 1. The molecular formula is C30H25NO6. The summed E-state index contributed by atoms with van der Waals surface area (Å²) in [5.41, 5.74) is 2.91. The number of aliphatic hydroxyl groups excluding tert-OH is 1. The second kappa shape index (κ2) is 10.7. The van der Waals surface area contributed by atoms with E-state index in [1.54, 1.807) is 19.2 Å². The zero-order chi connectivity index (χ0) is 25.8. The number of ether oxygens (including phenoxy) is 3. The van der Waals surface area contributed by atoms with Crippen LogP contribution in [0.2, 0.25) is 0 Å². The molecule has 0 atom stereocenters. The fraction of sp³-hybridized carbons (Fsp3) is 0.133. The summed E-state index contributed by atoms with van der Waals surface area (Å²) in [4.78, 5) is 10.8. The van der Waals surface area contributed by atoms with Crippen LogP contribution in [0.1, 0.15) is 11.1 Å². The Morgan fingerprint density at radius 3 is 2.27 bits per heavy atom. The summed E-state index contributed by atoms with van der Waals surface area (Å²) in [6.45, 7) is -0.0720. The third-order valence-corrected chi connectivity index (χ3v) is 6.23. The van der Waals surface area contributed by atoms with E-state index in [4.69, 9.17) is 14.2 Å². The van der Waals surface area contributed by atoms with E-state index in [1.807, 2.05) is 66.7 Å². The summed E-state index contributed by atoms with van der Waals surface area (Å²) in [7, 11) is 1.55. The number of rotatable bonds is 9. The number of hydrogen-bond donors (Lipinski definition) is 1. The number of non-ortho nitro benzene ring substituents is 1. The Labute approximate surface area is 213 Å². The second-order valence-electron chi connectivity index (χ2n) is 8.55. The van der Waals surface area contributed by atoms with Gasteiger partial charge in [-0.15, -0.1) is 0 Å². The first-order valence-corrected chi connectivity index (χ1v) is 11.8. The predicted molar refractivity (Wildman–Crippen MR) is 143 cm³/mol. The lowest BCUT2D eigenvalue weighted by Crippen LogP contribution is -2.05. The Bertz CT molecular complexity index is 1600. The van der Waals surface area contributed by atoms with Crippen molar-refractivity contribution in [3.63, 3.8) is 0 Å². The maximum atomic E-state index is 11.2. The van der Waals surface area contributed by atoms with Crippen molar-refractivity contribution in [2.45, 2.75) is 13.2 Å². The van der Waals surface area contributed by atoms with Crippen molar-refractivity contribution in [3.05, 3.63) is 112 Å². The van der Waals surface area contributed by atoms with E-state index in [2.05, 4.69) is 0 Å². The Morgan fingerprint density at radius 1 is 0.811 bits per heavy atom. The molecule has 186 valence electrons. The van der Waals surface area contributed by atoms with Gasteiger partial charge in [-0.2, -0.15) is 0 Å². The normalized spacial score (nSPS) is 11.1. The molecule has 0 aliphatic carbocycles. The first kappa shape index (κ1) is 24.2. The molecule has 0 spiro atoms. The van der Waals surface area contributed by atoms with Crippen molar-refractivity contribution in [1.29, 1.82) is 0 Å². The molecule has 0 heterocycles. The van der Waals surface area contributed by atoms with Gasteiger partial charge < -0.3 is 19.3 Å². The third kappa shape index (κ3) is 4.82. The highest BCUT2D eigenvalue weighted by Crippen LogP contribution is 2.47. The largest absolute Gasteiger partial charge is 0.488 e. The smallest absolute Gasteiger partial charge is 0.269 e. The minimum Gasteiger partial charge on any atom is -0.488 e. The molecule has 1 N–H and O–H groups in total. The third-order valence-electron chi connectivity index (χ3n) is 6.23. The summed E-state index contributed by atoms with van der Waals surface area (Å²) in [6, 6.07) is 28.1. The molecule has 0 radical (unpaired) electrons. The van der Waals surface area contributed by atoms with Gasteiger partial charge in [0.1, 0.15) is 18.1 Å². The van der Waals surface area contributed by atoms with Crippen LogP contribution < -0.4 is 9.47 Å². The number of benzene rings is 5. The maximum Gasteiger partial charge on any atom is 0.269 e. The lowest BCUT2D eigenvalue weighted by Gasteiger charge is -2.21. The Hall–Kier alpha value is -4.46. The minimum absolute atomic E-state index is 0.00692. The van der Waals surface area contributed by atoms with Gasteiger partial charge in [-0.3, -0.25) is 10.1 Å². The quantitative estimate of drug-likeness (QED) is 0.140. The monoisotopic (exact) mass is 495 g/mol. The molecule has 0 saturated heterocycles. The van der Waals surface area contributed by atoms with E-state index in [-0.39, 0.29) is 25.7 Å². The number of aliphatic hydroxyl groups is 1. The second-order valence-corrected chi connectivity index (χ2v) is 8.55. The number of fused-ring (bicyclic) bond motifs is 2. The van der Waals surface area contributed by atoms with E-state index in [0.29, 0.717) is 22.6 Å². The van der Waals surface area contributed by atoms with Crippen LogP contribution in [0, 0.1) is 10.1 Å². The van der Waals surface area contributed by atoms with Crippen LogP contribution in [0.15, 0.2) is 91.0 Å². The van der Waals surface area contributed by atoms with Gasteiger partial charge in [-0.25, -0.2) is 0 Å². The van der Waals surface area contributed by atoms with Crippen LogP contribution >= 0.6 is 0 Å². The Balaban J connectivity index is 1.74. The van der Waals surface area contributed by atoms with E-state index < -0.39 is 4.92 Å². The lowest BCUT2D eigenvalue weighted by molar-refractivity contribution is -0.384. The van der Waals surface area contributed by atoms with Crippen LogP contribution in [0.4, 0.5) is 5.69 Å². The highest BCUT2D eigenvalue weighted by molar-refractivity contribution is 6.10. The molecule has 5 aromatic rings. The zero-order valence-electron chi connectivity index (χ0n) is 20.2. The minimum atomic E-state index is -0.420. The summed E-state index contributed by atoms with van der Waals surface area (Å²) in [6.07, 6.45) is 0. The van der Waals surface area contributed by atoms with Gasteiger partial charge in [0.05, 0.1) is 11.5 Å². The van der Waals surface area contributed by atoms with Gasteiger partial charge in [0.25, 0.3) is 5.69 Å². The van der Waals surface area contributed by atoms with Crippen LogP contribution in [-0.4, -0.2) is 23.9 Å². The Kier molecular flexibility index (Phi) is 6.98. The predicted octanol–water partition coefficient (Wildman–Crippen LogP) is 6.62. The fourth-order valence-electron chi connectivity index (χ4n) is 4.59. The fourth-order valence-corrected chi connectivity index (χ4v) is 4.59. The molecule has 0 aliphatic heterocycles. The van der Waals surface area contributed by atoms with Gasteiger partial charge in [0, 0.05) is 35.9 Å². The molecule has 0 saturated carbocycles. The van der Waals surface area contributed by atoms with Gasteiger partial charge in [-0.1, -0.05) is 66.7 Å².